The van der Waals surface area contributed by atoms with Crippen LogP contribution in [0.4, 0.5) is 30.7 Å². The summed E-state index contributed by atoms with van der Waals surface area (Å²) in [6.45, 7) is 0. The number of nitrogens with two attached hydrogens (primary N) is 1. The second kappa shape index (κ2) is 6.59. The van der Waals surface area contributed by atoms with E-state index in [1.54, 1.807) is 6.07 Å². The molecule has 27 heavy (non-hydrogen) atoms. The van der Waals surface area contributed by atoms with Crippen LogP contribution in [0.1, 0.15) is 5.56 Å². The zero-order chi connectivity index (χ0) is 20.0. The fourth-order valence-electron chi connectivity index (χ4n) is 2.80. The first-order valence-electron chi connectivity index (χ1n) is 7.70. The number of rotatable bonds is 3. The van der Waals surface area contributed by atoms with Gasteiger partial charge in [-0.05, 0) is 36.3 Å². The molecule has 0 spiro atoms. The number of fused-ring (bicyclic) bond motifs is 1. The van der Waals surface area contributed by atoms with E-state index in [1.165, 1.54) is 18.2 Å². The van der Waals surface area contributed by atoms with Gasteiger partial charge in [-0.2, -0.15) is 26.3 Å². The Hall–Kier alpha value is -2.49. The summed E-state index contributed by atoms with van der Waals surface area (Å²) >= 11 is 0. The van der Waals surface area contributed by atoms with Crippen LogP contribution in [0, 0.1) is 5.82 Å². The van der Waals surface area contributed by atoms with Gasteiger partial charge in [-0.3, -0.25) is 4.99 Å². The van der Waals surface area contributed by atoms with Gasteiger partial charge >= 0.3 is 12.4 Å². The molecule has 0 aromatic heterocycles. The van der Waals surface area contributed by atoms with Crippen LogP contribution < -0.4 is 5.73 Å². The van der Waals surface area contributed by atoms with Crippen LogP contribution in [-0.2, 0) is 6.42 Å². The Morgan fingerprint density at radius 1 is 1.07 bits per heavy atom. The average molecular weight is 391 g/mol. The Bertz CT molecular complexity index is 875. The number of alkyl halides is 6. The highest BCUT2D eigenvalue weighted by Gasteiger charge is 2.46. The van der Waals surface area contributed by atoms with E-state index < -0.39 is 47.1 Å². The summed E-state index contributed by atoms with van der Waals surface area (Å²) < 4.78 is 91.5. The molecule has 1 aromatic rings. The molecule has 1 aliphatic heterocycles. The molecular weight excluding hydrogens is 379 g/mol. The van der Waals surface area contributed by atoms with Crippen molar-refractivity contribution in [3.05, 3.63) is 58.9 Å². The second-order valence-electron chi connectivity index (χ2n) is 6.05. The fraction of sp³-hybridized carbons (Fsp3) is 0.294. The lowest BCUT2D eigenvalue weighted by molar-refractivity contribution is -0.0931. The summed E-state index contributed by atoms with van der Waals surface area (Å²) in [5, 5.41) is 0. The number of halogens is 7. The standard InChI is InChI=1S/C17H12F7N3/c18-10-3-1-2-8(4-10)5-12(25)15-26-13-7-9(16(19,20)21)6-11(14(13)27-15)17(22,23)24/h1-4,6-7,12-13H,5,25H2/t12-,13?/m1/s1. The normalized spacial score (nSPS) is 21.1. The van der Waals surface area contributed by atoms with E-state index >= 15 is 0 Å². The number of hydrogen-bond acceptors (Lipinski definition) is 3. The largest absolute Gasteiger partial charge is 0.418 e. The molecule has 0 saturated carbocycles. The Balaban J connectivity index is 1.92. The molecule has 0 amide bonds. The topological polar surface area (TPSA) is 50.7 Å². The van der Waals surface area contributed by atoms with Crippen molar-refractivity contribution >= 4 is 11.5 Å². The smallest absolute Gasteiger partial charge is 0.321 e. The van der Waals surface area contributed by atoms with Crippen molar-refractivity contribution in [2.24, 2.45) is 15.7 Å². The predicted molar refractivity (Wildman–Crippen MR) is 85.0 cm³/mol. The van der Waals surface area contributed by atoms with Gasteiger partial charge in [0, 0.05) is 0 Å². The molecule has 2 N–H and O–H groups in total. The Morgan fingerprint density at radius 2 is 1.78 bits per heavy atom. The highest BCUT2D eigenvalue weighted by Crippen LogP contribution is 2.39. The number of hydrogen-bond donors (Lipinski definition) is 1. The zero-order valence-electron chi connectivity index (χ0n) is 13.4. The maximum absolute atomic E-state index is 13.2. The third-order valence-electron chi connectivity index (χ3n) is 4.01. The molecule has 1 aliphatic carbocycles. The van der Waals surface area contributed by atoms with Crippen molar-refractivity contribution in [1.82, 2.24) is 0 Å². The lowest BCUT2D eigenvalue weighted by atomic mass is 9.93. The summed E-state index contributed by atoms with van der Waals surface area (Å²) in [5.41, 5.74) is 2.78. The molecule has 1 heterocycles. The molecule has 2 atom stereocenters. The van der Waals surface area contributed by atoms with Crippen LogP contribution in [0.5, 0.6) is 0 Å². The lowest BCUT2D eigenvalue weighted by Gasteiger charge is -2.21. The average Bonchev–Trinajstić information content (AvgIpc) is 2.96. The monoisotopic (exact) mass is 391 g/mol. The van der Waals surface area contributed by atoms with Crippen LogP contribution >= 0.6 is 0 Å². The first-order chi connectivity index (χ1) is 12.4. The molecule has 144 valence electrons. The molecule has 2 aliphatic rings. The molecule has 0 radical (unpaired) electrons. The molecule has 3 rings (SSSR count). The number of amidine groups is 1. The lowest BCUT2D eigenvalue weighted by Crippen LogP contribution is -2.31. The van der Waals surface area contributed by atoms with Crippen LogP contribution in [-0.4, -0.2) is 36.0 Å². The van der Waals surface area contributed by atoms with Crippen molar-refractivity contribution in [2.45, 2.75) is 30.9 Å². The van der Waals surface area contributed by atoms with Crippen LogP contribution in [0.15, 0.2) is 57.5 Å². The van der Waals surface area contributed by atoms with Gasteiger partial charge < -0.3 is 5.73 Å². The third-order valence-corrected chi connectivity index (χ3v) is 4.01. The Morgan fingerprint density at radius 3 is 2.37 bits per heavy atom. The molecule has 1 aromatic carbocycles. The molecule has 0 bridgehead atoms. The number of allylic oxidation sites excluding steroid dienone is 2. The highest BCUT2D eigenvalue weighted by atomic mass is 19.4. The van der Waals surface area contributed by atoms with E-state index in [0.717, 1.165) is 0 Å². The van der Waals surface area contributed by atoms with E-state index in [0.29, 0.717) is 11.6 Å². The van der Waals surface area contributed by atoms with E-state index in [9.17, 15) is 30.7 Å². The summed E-state index contributed by atoms with van der Waals surface area (Å²) in [5.74, 6) is -0.734. The van der Waals surface area contributed by atoms with Crippen molar-refractivity contribution in [3.63, 3.8) is 0 Å². The molecule has 0 saturated heterocycles. The second-order valence-corrected chi connectivity index (χ2v) is 6.05. The van der Waals surface area contributed by atoms with E-state index in [-0.39, 0.29) is 18.3 Å². The summed E-state index contributed by atoms with van der Waals surface area (Å²) in [4.78, 5) is 7.57. The summed E-state index contributed by atoms with van der Waals surface area (Å²) in [6.07, 6.45) is -9.37. The summed E-state index contributed by atoms with van der Waals surface area (Å²) in [7, 11) is 0. The Kier molecular flexibility index (Phi) is 4.71. The first kappa shape index (κ1) is 19.3. The molecule has 0 fully saturated rings. The third kappa shape index (κ3) is 4.10. The van der Waals surface area contributed by atoms with Gasteiger partial charge in [0.15, 0.2) is 0 Å². The van der Waals surface area contributed by atoms with Crippen LogP contribution in [0.2, 0.25) is 0 Å². The van der Waals surface area contributed by atoms with Gasteiger partial charge in [0.05, 0.1) is 22.9 Å². The molecule has 10 heteroatoms. The maximum Gasteiger partial charge on any atom is 0.418 e. The maximum atomic E-state index is 13.2. The SMILES string of the molecule is N[C@H](Cc1cccc(F)c1)C1=NC2C=C(C(F)(F)F)C=C(C(F)(F)F)C2=N1. The quantitative estimate of drug-likeness (QED) is 0.781. The predicted octanol–water partition coefficient (Wildman–Crippen LogP) is 3.91. The van der Waals surface area contributed by atoms with Gasteiger partial charge in [-0.25, -0.2) is 9.38 Å². The summed E-state index contributed by atoms with van der Waals surface area (Å²) in [6, 6.07) is 2.88. The first-order valence-corrected chi connectivity index (χ1v) is 7.70. The fourth-order valence-corrected chi connectivity index (χ4v) is 2.80. The van der Waals surface area contributed by atoms with Crippen molar-refractivity contribution in [1.29, 1.82) is 0 Å². The number of nitrogens with zero attached hydrogens (tertiary/aromatic N) is 2. The van der Waals surface area contributed by atoms with Gasteiger partial charge in [-0.15, -0.1) is 0 Å². The Labute approximate surface area is 148 Å². The van der Waals surface area contributed by atoms with Gasteiger partial charge in [0.25, 0.3) is 0 Å². The highest BCUT2D eigenvalue weighted by molar-refractivity contribution is 6.17. The minimum Gasteiger partial charge on any atom is -0.321 e. The van der Waals surface area contributed by atoms with Gasteiger partial charge in [-0.1, -0.05) is 12.1 Å². The van der Waals surface area contributed by atoms with Crippen molar-refractivity contribution in [2.75, 3.05) is 0 Å². The van der Waals surface area contributed by atoms with Gasteiger partial charge in [0.2, 0.25) is 0 Å². The van der Waals surface area contributed by atoms with Crippen molar-refractivity contribution in [3.8, 4) is 0 Å². The van der Waals surface area contributed by atoms with Crippen molar-refractivity contribution < 1.29 is 30.7 Å². The molecule has 1 unspecified atom stereocenters. The zero-order valence-corrected chi connectivity index (χ0v) is 13.4. The van der Waals surface area contributed by atoms with E-state index in [4.69, 9.17) is 5.73 Å². The van der Waals surface area contributed by atoms with Crippen LogP contribution in [0.3, 0.4) is 0 Å². The number of aliphatic imine (C=N–C) groups is 2. The van der Waals surface area contributed by atoms with Gasteiger partial charge in [0.1, 0.15) is 17.7 Å². The molecule has 3 nitrogen and oxygen atoms in total. The van der Waals surface area contributed by atoms with E-state index in [2.05, 4.69) is 9.98 Å². The van der Waals surface area contributed by atoms with E-state index in [1.807, 2.05) is 0 Å². The van der Waals surface area contributed by atoms with Crippen LogP contribution in [0.25, 0.3) is 0 Å². The minimum atomic E-state index is -5.03. The molecular formula is C17H12F7N3. The minimum absolute atomic E-state index is 0.0149. The number of benzene rings is 1.